The van der Waals surface area contributed by atoms with Crippen LogP contribution in [0.3, 0.4) is 0 Å². The molecule has 4 unspecified atom stereocenters. The van der Waals surface area contributed by atoms with Crippen LogP contribution >= 0.6 is 24.8 Å². The van der Waals surface area contributed by atoms with Crippen molar-refractivity contribution in [1.29, 1.82) is 0 Å². The molecule has 0 amide bonds. The molecule has 0 bridgehead atoms. The van der Waals surface area contributed by atoms with Gasteiger partial charge in [0.25, 0.3) is 0 Å². The molecule has 1 aromatic rings. The molecule has 2 fully saturated rings. The lowest BCUT2D eigenvalue weighted by Gasteiger charge is -2.39. The third kappa shape index (κ3) is 7.91. The normalized spacial score (nSPS) is 26.5. The number of hydrogen-bond donors (Lipinski definition) is 1. The Kier molecular flexibility index (Phi) is 11.9. The molecule has 1 N–H and O–H groups in total. The minimum Gasteiger partial charge on any atom is -0.389 e. The van der Waals surface area contributed by atoms with Crippen LogP contribution in [0.5, 0.6) is 0 Å². The van der Waals surface area contributed by atoms with Gasteiger partial charge in [0.05, 0.1) is 18.8 Å². The number of ether oxygens (including phenoxy) is 1. The lowest BCUT2D eigenvalue weighted by Crippen LogP contribution is -2.49. The first-order valence-electron chi connectivity index (χ1n) is 10.8. The minimum atomic E-state index is -0.390. The third-order valence-electron chi connectivity index (χ3n) is 6.43. The van der Waals surface area contributed by atoms with Crippen molar-refractivity contribution < 1.29 is 9.84 Å². The number of hydrogen-bond acceptors (Lipinski definition) is 4. The largest absolute Gasteiger partial charge is 0.389 e. The Hall–Kier alpha value is -0.520. The maximum absolute atomic E-state index is 10.5. The van der Waals surface area contributed by atoms with Crippen LogP contribution in [0.1, 0.15) is 40.0 Å². The van der Waals surface area contributed by atoms with Crippen molar-refractivity contribution in [2.24, 2.45) is 17.8 Å². The summed E-state index contributed by atoms with van der Waals surface area (Å²) in [5, 5.41) is 10.5. The summed E-state index contributed by atoms with van der Waals surface area (Å²) >= 11 is 0. The molecule has 29 heavy (non-hydrogen) atoms. The van der Waals surface area contributed by atoms with Crippen molar-refractivity contribution in [3.8, 4) is 0 Å². The lowest BCUT2D eigenvalue weighted by molar-refractivity contribution is -0.0740. The molecular weight excluding hydrogens is 407 g/mol. The van der Waals surface area contributed by atoms with Gasteiger partial charge in [-0.3, -0.25) is 4.90 Å². The number of para-hydroxylation sites is 1. The van der Waals surface area contributed by atoms with Crippen LogP contribution in [0.15, 0.2) is 30.3 Å². The summed E-state index contributed by atoms with van der Waals surface area (Å²) in [6.07, 6.45) is 3.65. The van der Waals surface area contributed by atoms with Gasteiger partial charge in [0.1, 0.15) is 0 Å². The second kappa shape index (κ2) is 13.0. The predicted octanol–water partition coefficient (Wildman–Crippen LogP) is 4.49. The average Bonchev–Trinajstić information content (AvgIpc) is 2.67. The van der Waals surface area contributed by atoms with Gasteiger partial charge in [0.15, 0.2) is 0 Å². The monoisotopic (exact) mass is 446 g/mol. The quantitative estimate of drug-likeness (QED) is 0.668. The average molecular weight is 447 g/mol. The highest BCUT2D eigenvalue weighted by molar-refractivity contribution is 5.85. The van der Waals surface area contributed by atoms with Crippen LogP contribution in [-0.2, 0) is 4.74 Å². The van der Waals surface area contributed by atoms with Gasteiger partial charge < -0.3 is 14.7 Å². The summed E-state index contributed by atoms with van der Waals surface area (Å²) in [7, 11) is 0. The zero-order valence-corrected chi connectivity index (χ0v) is 19.8. The highest BCUT2D eigenvalue weighted by Crippen LogP contribution is 2.35. The Morgan fingerprint density at radius 2 is 1.69 bits per heavy atom. The SMILES string of the molecule is CC1CCC(C(C)C)C(OCC(O)CN2CCN(c3ccccc3)CC2)C1.Cl.Cl. The van der Waals surface area contributed by atoms with E-state index in [4.69, 9.17) is 4.74 Å². The summed E-state index contributed by atoms with van der Waals surface area (Å²) < 4.78 is 6.23. The number of benzene rings is 1. The Labute approximate surface area is 189 Å². The Morgan fingerprint density at radius 1 is 1.03 bits per heavy atom. The number of halogens is 2. The molecule has 0 aromatic heterocycles. The predicted molar refractivity (Wildman–Crippen MR) is 127 cm³/mol. The molecule has 1 aliphatic heterocycles. The van der Waals surface area contributed by atoms with E-state index in [-0.39, 0.29) is 24.8 Å². The first-order chi connectivity index (χ1) is 13.0. The first-order valence-corrected chi connectivity index (χ1v) is 10.8. The van der Waals surface area contributed by atoms with Crippen molar-refractivity contribution in [3.05, 3.63) is 30.3 Å². The molecule has 6 heteroatoms. The molecule has 168 valence electrons. The van der Waals surface area contributed by atoms with Crippen LogP contribution < -0.4 is 4.90 Å². The molecule has 4 nitrogen and oxygen atoms in total. The number of aliphatic hydroxyl groups excluding tert-OH is 1. The van der Waals surface area contributed by atoms with Crippen LogP contribution in [0.2, 0.25) is 0 Å². The Balaban J connectivity index is 0.00000210. The highest BCUT2D eigenvalue weighted by Gasteiger charge is 2.32. The molecule has 0 spiro atoms. The number of β-amino-alcohol motifs (C(OH)–C–C–N with tert-alkyl or cyclic N) is 1. The lowest BCUT2D eigenvalue weighted by atomic mass is 9.75. The van der Waals surface area contributed by atoms with Crippen molar-refractivity contribution in [2.75, 3.05) is 44.2 Å². The molecular formula is C23H40Cl2N2O2. The number of anilines is 1. The number of rotatable bonds is 7. The van der Waals surface area contributed by atoms with E-state index in [2.05, 4.69) is 60.9 Å². The molecule has 1 aromatic carbocycles. The van der Waals surface area contributed by atoms with Gasteiger partial charge in [-0.05, 0) is 42.7 Å². The van der Waals surface area contributed by atoms with E-state index in [9.17, 15) is 5.11 Å². The van der Waals surface area contributed by atoms with Crippen molar-refractivity contribution in [3.63, 3.8) is 0 Å². The molecule has 1 saturated heterocycles. The van der Waals surface area contributed by atoms with Gasteiger partial charge in [-0.2, -0.15) is 0 Å². The van der Waals surface area contributed by atoms with Gasteiger partial charge in [-0.15, -0.1) is 24.8 Å². The van der Waals surface area contributed by atoms with Crippen LogP contribution in [0, 0.1) is 17.8 Å². The molecule has 1 heterocycles. The fourth-order valence-corrected chi connectivity index (χ4v) is 4.72. The first kappa shape index (κ1) is 26.5. The fraction of sp³-hybridized carbons (Fsp3) is 0.739. The third-order valence-corrected chi connectivity index (χ3v) is 6.43. The van der Waals surface area contributed by atoms with E-state index in [0.29, 0.717) is 24.5 Å². The smallest absolute Gasteiger partial charge is 0.0900 e. The molecule has 1 saturated carbocycles. The maximum Gasteiger partial charge on any atom is 0.0900 e. The van der Waals surface area contributed by atoms with Crippen LogP contribution in [-0.4, -0.2) is 61.5 Å². The number of aliphatic hydroxyl groups is 1. The van der Waals surface area contributed by atoms with E-state index in [0.717, 1.165) is 45.1 Å². The van der Waals surface area contributed by atoms with Gasteiger partial charge in [0.2, 0.25) is 0 Å². The van der Waals surface area contributed by atoms with E-state index in [1.165, 1.54) is 18.5 Å². The summed E-state index contributed by atoms with van der Waals surface area (Å²) in [6.45, 7) is 12.2. The molecule has 4 atom stereocenters. The van der Waals surface area contributed by atoms with E-state index >= 15 is 0 Å². The highest BCUT2D eigenvalue weighted by atomic mass is 35.5. The van der Waals surface area contributed by atoms with Gasteiger partial charge >= 0.3 is 0 Å². The molecule has 1 aliphatic carbocycles. The standard InChI is InChI=1S/C23H38N2O2.2ClH/c1-18(2)22-10-9-19(3)15-23(22)27-17-21(26)16-24-11-13-25(14-12-24)20-7-5-4-6-8-20;;/h4-8,18-19,21-23,26H,9-17H2,1-3H3;2*1H. The second-order valence-corrected chi connectivity index (χ2v) is 8.97. The Morgan fingerprint density at radius 3 is 2.31 bits per heavy atom. The van der Waals surface area contributed by atoms with Crippen LogP contribution in [0.4, 0.5) is 5.69 Å². The zero-order chi connectivity index (χ0) is 19.2. The maximum atomic E-state index is 10.5. The van der Waals surface area contributed by atoms with Crippen molar-refractivity contribution in [1.82, 2.24) is 4.90 Å². The molecule has 2 aliphatic rings. The van der Waals surface area contributed by atoms with Gasteiger partial charge in [0, 0.05) is 38.4 Å². The Bertz CT molecular complexity index is 553. The van der Waals surface area contributed by atoms with E-state index in [1.54, 1.807) is 0 Å². The number of nitrogens with zero attached hydrogens (tertiary/aromatic N) is 2. The van der Waals surface area contributed by atoms with Crippen molar-refractivity contribution >= 4 is 30.5 Å². The summed E-state index contributed by atoms with van der Waals surface area (Å²) in [4.78, 5) is 4.80. The molecule has 0 radical (unpaired) electrons. The summed E-state index contributed by atoms with van der Waals surface area (Å²) in [5.74, 6) is 2.04. The fourth-order valence-electron chi connectivity index (χ4n) is 4.72. The van der Waals surface area contributed by atoms with E-state index in [1.807, 2.05) is 0 Å². The topological polar surface area (TPSA) is 35.9 Å². The van der Waals surface area contributed by atoms with Crippen molar-refractivity contribution in [2.45, 2.75) is 52.2 Å². The summed E-state index contributed by atoms with van der Waals surface area (Å²) in [6, 6.07) is 10.6. The van der Waals surface area contributed by atoms with E-state index < -0.39 is 6.10 Å². The number of piperazine rings is 1. The minimum absolute atomic E-state index is 0. The molecule has 3 rings (SSSR count). The zero-order valence-electron chi connectivity index (χ0n) is 18.2. The summed E-state index contributed by atoms with van der Waals surface area (Å²) in [5.41, 5.74) is 1.30. The van der Waals surface area contributed by atoms with Crippen LogP contribution in [0.25, 0.3) is 0 Å². The van der Waals surface area contributed by atoms with Gasteiger partial charge in [-0.1, -0.05) is 45.4 Å². The van der Waals surface area contributed by atoms with Gasteiger partial charge in [-0.25, -0.2) is 0 Å². The second-order valence-electron chi connectivity index (χ2n) is 8.97.